The van der Waals surface area contributed by atoms with Gasteiger partial charge in [-0.1, -0.05) is 24.3 Å². The standard InChI is InChI=1S/C21H20N4O5/c1-13-9-10-17(18(11-13)25(28)29)22-19(26)12-30-21(27)20-14(2)23-24(15(20)3)16-7-5-4-6-8-16/h4-11H,12H2,1-3H3,(H,22,26). The third kappa shape index (κ3) is 4.35. The maximum Gasteiger partial charge on any atom is 0.342 e. The van der Waals surface area contributed by atoms with Crippen molar-refractivity contribution >= 4 is 23.3 Å². The smallest absolute Gasteiger partial charge is 0.342 e. The van der Waals surface area contributed by atoms with E-state index in [1.807, 2.05) is 30.3 Å². The number of carbonyl (C=O) groups excluding carboxylic acids is 2. The van der Waals surface area contributed by atoms with E-state index < -0.39 is 23.4 Å². The number of para-hydroxylation sites is 1. The molecule has 154 valence electrons. The molecule has 0 aliphatic rings. The molecule has 1 aromatic heterocycles. The van der Waals surface area contributed by atoms with Gasteiger partial charge in [-0.05, 0) is 44.5 Å². The number of nitrogens with one attached hydrogen (secondary N) is 1. The van der Waals surface area contributed by atoms with Gasteiger partial charge < -0.3 is 10.1 Å². The summed E-state index contributed by atoms with van der Waals surface area (Å²) in [4.78, 5) is 35.3. The first-order valence-corrected chi connectivity index (χ1v) is 9.11. The number of hydrogen-bond acceptors (Lipinski definition) is 6. The second-order valence-electron chi connectivity index (χ2n) is 6.70. The summed E-state index contributed by atoms with van der Waals surface area (Å²) in [5, 5.41) is 17.9. The topological polar surface area (TPSA) is 116 Å². The number of hydrogen-bond donors (Lipinski definition) is 1. The van der Waals surface area contributed by atoms with E-state index >= 15 is 0 Å². The normalized spacial score (nSPS) is 10.5. The number of amides is 1. The Hall–Kier alpha value is -4.01. The first-order chi connectivity index (χ1) is 14.3. The zero-order chi connectivity index (χ0) is 21.8. The van der Waals surface area contributed by atoms with Crippen molar-refractivity contribution in [2.45, 2.75) is 20.8 Å². The van der Waals surface area contributed by atoms with Crippen molar-refractivity contribution in [2.75, 3.05) is 11.9 Å². The van der Waals surface area contributed by atoms with Crippen molar-refractivity contribution in [2.24, 2.45) is 0 Å². The molecule has 0 saturated heterocycles. The Balaban J connectivity index is 1.70. The minimum Gasteiger partial charge on any atom is -0.452 e. The van der Waals surface area contributed by atoms with Gasteiger partial charge in [-0.25, -0.2) is 9.48 Å². The second kappa shape index (κ2) is 8.56. The number of nitrogens with zero attached hydrogens (tertiary/aromatic N) is 3. The minimum atomic E-state index is -0.694. The number of aromatic nitrogens is 2. The van der Waals surface area contributed by atoms with Crippen molar-refractivity contribution in [3.63, 3.8) is 0 Å². The van der Waals surface area contributed by atoms with Crippen LogP contribution in [0.5, 0.6) is 0 Å². The summed E-state index contributed by atoms with van der Waals surface area (Å²) < 4.78 is 6.75. The molecule has 0 atom stereocenters. The highest BCUT2D eigenvalue weighted by atomic mass is 16.6. The van der Waals surface area contributed by atoms with Crippen molar-refractivity contribution in [1.82, 2.24) is 9.78 Å². The third-order valence-electron chi connectivity index (χ3n) is 4.45. The predicted molar refractivity (Wildman–Crippen MR) is 110 cm³/mol. The Morgan fingerprint density at radius 3 is 2.50 bits per heavy atom. The molecule has 0 spiro atoms. The highest BCUT2D eigenvalue weighted by Gasteiger charge is 2.22. The van der Waals surface area contributed by atoms with Gasteiger partial charge in [-0.3, -0.25) is 14.9 Å². The fraction of sp³-hybridized carbons (Fsp3) is 0.190. The number of rotatable bonds is 6. The van der Waals surface area contributed by atoms with Crippen molar-refractivity contribution < 1.29 is 19.2 Å². The predicted octanol–water partition coefficient (Wildman–Crippen LogP) is 3.50. The number of nitro groups is 1. The van der Waals surface area contributed by atoms with E-state index in [2.05, 4.69) is 10.4 Å². The quantitative estimate of drug-likeness (QED) is 0.379. The molecule has 9 heteroatoms. The van der Waals surface area contributed by atoms with Gasteiger partial charge in [0.25, 0.3) is 11.6 Å². The number of nitro benzene ring substituents is 1. The average Bonchev–Trinajstić information content (AvgIpc) is 3.02. The van der Waals surface area contributed by atoms with E-state index in [1.54, 1.807) is 31.5 Å². The van der Waals surface area contributed by atoms with Crippen LogP contribution < -0.4 is 5.32 Å². The van der Waals surface area contributed by atoms with Crippen LogP contribution in [-0.4, -0.2) is 33.2 Å². The number of benzene rings is 2. The first-order valence-electron chi connectivity index (χ1n) is 9.11. The van der Waals surface area contributed by atoms with Gasteiger partial charge in [0.1, 0.15) is 11.3 Å². The molecule has 3 rings (SSSR count). The Kier molecular flexibility index (Phi) is 5.91. The average molecular weight is 408 g/mol. The van der Waals surface area contributed by atoms with Gasteiger partial charge in [-0.2, -0.15) is 5.10 Å². The number of esters is 1. The highest BCUT2D eigenvalue weighted by molar-refractivity contribution is 5.97. The van der Waals surface area contributed by atoms with Crippen LogP contribution in [0, 0.1) is 30.9 Å². The van der Waals surface area contributed by atoms with Gasteiger partial charge in [-0.15, -0.1) is 0 Å². The molecule has 3 aromatic rings. The lowest BCUT2D eigenvalue weighted by atomic mass is 10.2. The minimum absolute atomic E-state index is 0.0379. The van der Waals surface area contributed by atoms with E-state index in [4.69, 9.17) is 4.74 Å². The van der Waals surface area contributed by atoms with Crippen molar-refractivity contribution in [3.05, 3.63) is 81.2 Å². The Labute approximate surface area is 172 Å². The molecule has 0 radical (unpaired) electrons. The van der Waals surface area contributed by atoms with Crippen LogP contribution in [0.1, 0.15) is 27.3 Å². The number of carbonyl (C=O) groups is 2. The fourth-order valence-electron chi connectivity index (χ4n) is 3.05. The van der Waals surface area contributed by atoms with Crippen LogP contribution in [0.3, 0.4) is 0 Å². The Morgan fingerprint density at radius 2 is 1.83 bits per heavy atom. The van der Waals surface area contributed by atoms with E-state index in [9.17, 15) is 19.7 Å². The lowest BCUT2D eigenvalue weighted by Gasteiger charge is -2.08. The van der Waals surface area contributed by atoms with E-state index in [0.29, 0.717) is 17.0 Å². The lowest BCUT2D eigenvalue weighted by molar-refractivity contribution is -0.384. The lowest BCUT2D eigenvalue weighted by Crippen LogP contribution is -2.22. The summed E-state index contributed by atoms with van der Waals surface area (Å²) >= 11 is 0. The molecule has 0 bridgehead atoms. The summed E-state index contributed by atoms with van der Waals surface area (Å²) in [6, 6.07) is 13.7. The molecule has 1 N–H and O–H groups in total. The molecule has 30 heavy (non-hydrogen) atoms. The summed E-state index contributed by atoms with van der Waals surface area (Å²) in [6.07, 6.45) is 0. The Bertz CT molecular complexity index is 1120. The van der Waals surface area contributed by atoms with E-state index in [-0.39, 0.29) is 16.9 Å². The third-order valence-corrected chi connectivity index (χ3v) is 4.45. The maximum absolute atomic E-state index is 12.5. The molecule has 1 heterocycles. The summed E-state index contributed by atoms with van der Waals surface area (Å²) in [7, 11) is 0. The summed E-state index contributed by atoms with van der Waals surface area (Å²) in [5.74, 6) is -1.37. The van der Waals surface area contributed by atoms with E-state index in [1.165, 1.54) is 12.1 Å². The zero-order valence-electron chi connectivity index (χ0n) is 16.7. The molecule has 0 saturated carbocycles. The molecule has 0 fully saturated rings. The number of ether oxygens (including phenoxy) is 1. The molecule has 0 unspecified atom stereocenters. The fourth-order valence-corrected chi connectivity index (χ4v) is 3.05. The van der Waals surface area contributed by atoms with Crippen molar-refractivity contribution in [3.8, 4) is 5.69 Å². The van der Waals surface area contributed by atoms with Gasteiger partial charge in [0.15, 0.2) is 6.61 Å². The SMILES string of the molecule is Cc1ccc(NC(=O)COC(=O)c2c(C)nn(-c3ccccc3)c2C)c([N+](=O)[O-])c1. The van der Waals surface area contributed by atoms with Gasteiger partial charge in [0, 0.05) is 6.07 Å². The molecular formula is C21H20N4O5. The van der Waals surface area contributed by atoms with Gasteiger partial charge in [0.2, 0.25) is 0 Å². The van der Waals surface area contributed by atoms with Crippen LogP contribution in [0.4, 0.5) is 11.4 Å². The number of anilines is 1. The van der Waals surface area contributed by atoms with Crippen LogP contribution in [0.25, 0.3) is 5.69 Å². The molecule has 2 aromatic carbocycles. The molecule has 0 aliphatic carbocycles. The molecule has 0 aliphatic heterocycles. The molecule has 9 nitrogen and oxygen atoms in total. The molecular weight excluding hydrogens is 388 g/mol. The molecule has 1 amide bonds. The summed E-state index contributed by atoms with van der Waals surface area (Å²) in [5.41, 5.74) is 2.61. The van der Waals surface area contributed by atoms with Crippen molar-refractivity contribution in [1.29, 1.82) is 0 Å². The van der Waals surface area contributed by atoms with Gasteiger partial charge >= 0.3 is 5.97 Å². The second-order valence-corrected chi connectivity index (χ2v) is 6.70. The maximum atomic E-state index is 12.5. The summed E-state index contributed by atoms with van der Waals surface area (Å²) in [6.45, 7) is 4.54. The Morgan fingerprint density at radius 1 is 1.13 bits per heavy atom. The first kappa shape index (κ1) is 20.7. The van der Waals surface area contributed by atoms with Crippen LogP contribution >= 0.6 is 0 Å². The largest absolute Gasteiger partial charge is 0.452 e. The zero-order valence-corrected chi connectivity index (χ0v) is 16.7. The van der Waals surface area contributed by atoms with Gasteiger partial charge in [0.05, 0.1) is 22.0 Å². The monoisotopic (exact) mass is 408 g/mol. The highest BCUT2D eigenvalue weighted by Crippen LogP contribution is 2.25. The number of aryl methyl sites for hydroxylation is 2. The van der Waals surface area contributed by atoms with Crippen LogP contribution in [0.2, 0.25) is 0 Å². The van der Waals surface area contributed by atoms with Crippen LogP contribution in [0.15, 0.2) is 48.5 Å². The van der Waals surface area contributed by atoms with E-state index in [0.717, 1.165) is 5.69 Å². The van der Waals surface area contributed by atoms with Crippen LogP contribution in [-0.2, 0) is 9.53 Å².